The van der Waals surface area contributed by atoms with E-state index in [0.717, 1.165) is 30.5 Å². The van der Waals surface area contributed by atoms with E-state index in [2.05, 4.69) is 11.8 Å². The molecule has 5 heteroatoms. The maximum absolute atomic E-state index is 11.0. The van der Waals surface area contributed by atoms with Gasteiger partial charge in [0.05, 0.1) is 18.3 Å². The number of hydrogen-bond acceptors (Lipinski definition) is 4. The minimum atomic E-state index is -0.902. The number of ether oxygens (including phenoxy) is 1. The van der Waals surface area contributed by atoms with Crippen molar-refractivity contribution in [1.82, 2.24) is 4.90 Å². The number of aromatic carboxylic acids is 1. The highest BCUT2D eigenvalue weighted by molar-refractivity contribution is 5.87. The van der Waals surface area contributed by atoms with Gasteiger partial charge in [0.1, 0.15) is 0 Å². The second-order valence-corrected chi connectivity index (χ2v) is 5.54. The van der Waals surface area contributed by atoms with Crippen LogP contribution in [0.1, 0.15) is 41.3 Å². The number of unbranched alkanes of at least 4 members (excludes halogenated alkanes) is 1. The number of hydrogen-bond donors (Lipinski definition) is 2. The van der Waals surface area contributed by atoms with E-state index >= 15 is 0 Å². The lowest BCUT2D eigenvalue weighted by Gasteiger charge is -2.19. The number of carboxylic acid groups (broad SMARTS) is 1. The topological polar surface area (TPSA) is 70.0 Å². The molecule has 1 atom stereocenters. The number of fused-ring (bicyclic) bond motifs is 1. The highest BCUT2D eigenvalue weighted by atomic mass is 16.5. The Morgan fingerprint density at radius 2 is 2.14 bits per heavy atom. The minimum absolute atomic E-state index is 0.319. The number of β-amino-alcohol motifs (C(OH)–C–C–N with tert-alkyl or cyclic N) is 1. The molecule has 0 saturated heterocycles. The molecule has 1 aromatic rings. The van der Waals surface area contributed by atoms with Gasteiger partial charge in [0, 0.05) is 26.2 Å². The summed E-state index contributed by atoms with van der Waals surface area (Å²) in [5, 5.41) is 19.0. The maximum Gasteiger partial charge on any atom is 0.335 e. The van der Waals surface area contributed by atoms with Crippen LogP contribution in [0.25, 0.3) is 0 Å². The maximum atomic E-state index is 11.0. The Morgan fingerprint density at radius 1 is 1.38 bits per heavy atom. The van der Waals surface area contributed by atoms with Gasteiger partial charge in [0.25, 0.3) is 0 Å². The van der Waals surface area contributed by atoms with Gasteiger partial charge in [0.15, 0.2) is 0 Å². The van der Waals surface area contributed by atoms with Gasteiger partial charge in [-0.15, -0.1) is 0 Å². The molecule has 0 spiro atoms. The Labute approximate surface area is 125 Å². The molecule has 2 N–H and O–H groups in total. The third kappa shape index (κ3) is 4.52. The zero-order valence-corrected chi connectivity index (χ0v) is 12.4. The number of rotatable bonds is 8. The smallest absolute Gasteiger partial charge is 0.335 e. The number of aliphatic hydroxyl groups excluding tert-OH is 1. The minimum Gasteiger partial charge on any atom is -0.478 e. The molecule has 0 radical (unpaired) electrons. The molecule has 0 fully saturated rings. The molecular formula is C16H23NO4. The molecule has 1 heterocycles. The number of aliphatic hydroxyl groups is 1. The molecule has 21 heavy (non-hydrogen) atoms. The Kier molecular flexibility index (Phi) is 5.73. The Morgan fingerprint density at radius 3 is 2.86 bits per heavy atom. The number of carboxylic acids is 1. The normalized spacial score (nSPS) is 15.9. The third-order valence-corrected chi connectivity index (χ3v) is 3.66. The molecule has 1 unspecified atom stereocenters. The fourth-order valence-electron chi connectivity index (χ4n) is 2.54. The SMILES string of the molecule is CCCCOCC(O)CN1Cc2ccc(C(=O)O)cc2C1. The molecule has 1 aromatic carbocycles. The van der Waals surface area contributed by atoms with Crippen LogP contribution in [-0.2, 0) is 17.8 Å². The molecule has 1 aliphatic heterocycles. The molecule has 0 aromatic heterocycles. The molecule has 0 bridgehead atoms. The molecule has 0 saturated carbocycles. The fraction of sp³-hybridized carbons (Fsp3) is 0.562. The van der Waals surface area contributed by atoms with Crippen molar-refractivity contribution in [1.29, 1.82) is 0 Å². The van der Waals surface area contributed by atoms with Crippen molar-refractivity contribution >= 4 is 5.97 Å². The van der Waals surface area contributed by atoms with E-state index < -0.39 is 12.1 Å². The molecule has 116 valence electrons. The standard InChI is InChI=1S/C16H23NO4/c1-2-3-6-21-11-15(18)10-17-8-13-5-4-12(16(19)20)7-14(13)9-17/h4-5,7,15,18H,2-3,6,8-11H2,1H3,(H,19,20). The summed E-state index contributed by atoms with van der Waals surface area (Å²) in [6.07, 6.45) is 1.60. The lowest BCUT2D eigenvalue weighted by Crippen LogP contribution is -2.31. The first kappa shape index (κ1) is 15.9. The van der Waals surface area contributed by atoms with Gasteiger partial charge in [-0.05, 0) is 29.7 Å². The number of nitrogens with zero attached hydrogens (tertiary/aromatic N) is 1. The van der Waals surface area contributed by atoms with Crippen molar-refractivity contribution in [3.8, 4) is 0 Å². The zero-order valence-electron chi connectivity index (χ0n) is 12.4. The van der Waals surface area contributed by atoms with E-state index in [0.29, 0.717) is 31.9 Å². The van der Waals surface area contributed by atoms with Crippen molar-refractivity contribution in [2.75, 3.05) is 19.8 Å². The van der Waals surface area contributed by atoms with Crippen LogP contribution in [-0.4, -0.2) is 46.9 Å². The van der Waals surface area contributed by atoms with Gasteiger partial charge in [-0.25, -0.2) is 4.79 Å². The first-order chi connectivity index (χ1) is 10.1. The van der Waals surface area contributed by atoms with Crippen molar-refractivity contribution < 1.29 is 19.7 Å². The van der Waals surface area contributed by atoms with E-state index in [-0.39, 0.29) is 0 Å². The Balaban J connectivity index is 1.81. The molecule has 0 amide bonds. The van der Waals surface area contributed by atoms with E-state index in [9.17, 15) is 9.90 Å². The molecule has 0 aliphatic carbocycles. The second-order valence-electron chi connectivity index (χ2n) is 5.54. The van der Waals surface area contributed by atoms with E-state index in [1.165, 1.54) is 0 Å². The third-order valence-electron chi connectivity index (χ3n) is 3.66. The number of benzene rings is 1. The van der Waals surface area contributed by atoms with Gasteiger partial charge in [-0.2, -0.15) is 0 Å². The lowest BCUT2D eigenvalue weighted by atomic mass is 10.1. The summed E-state index contributed by atoms with van der Waals surface area (Å²) in [7, 11) is 0. The molecule has 1 aliphatic rings. The summed E-state index contributed by atoms with van der Waals surface area (Å²) < 4.78 is 5.42. The number of carbonyl (C=O) groups is 1. The first-order valence-corrected chi connectivity index (χ1v) is 7.43. The average molecular weight is 293 g/mol. The van der Waals surface area contributed by atoms with Crippen LogP contribution in [0.5, 0.6) is 0 Å². The van der Waals surface area contributed by atoms with Crippen LogP contribution in [0.15, 0.2) is 18.2 Å². The summed E-state index contributed by atoms with van der Waals surface area (Å²) in [5.41, 5.74) is 2.49. The quantitative estimate of drug-likeness (QED) is 0.716. The lowest BCUT2D eigenvalue weighted by molar-refractivity contribution is 0.0151. The van der Waals surface area contributed by atoms with Gasteiger partial charge < -0.3 is 14.9 Å². The van der Waals surface area contributed by atoms with Gasteiger partial charge in [-0.3, -0.25) is 4.90 Å². The first-order valence-electron chi connectivity index (χ1n) is 7.43. The Hall–Kier alpha value is -1.43. The summed E-state index contributed by atoms with van der Waals surface area (Å²) in [4.78, 5) is 13.1. The van der Waals surface area contributed by atoms with Gasteiger partial charge in [0.2, 0.25) is 0 Å². The molecular weight excluding hydrogens is 270 g/mol. The monoisotopic (exact) mass is 293 g/mol. The fourth-order valence-corrected chi connectivity index (χ4v) is 2.54. The van der Waals surface area contributed by atoms with Crippen LogP contribution in [0.4, 0.5) is 0 Å². The Bertz CT molecular complexity index is 489. The average Bonchev–Trinajstić information content (AvgIpc) is 2.84. The van der Waals surface area contributed by atoms with Crippen molar-refractivity contribution in [2.45, 2.75) is 39.0 Å². The van der Waals surface area contributed by atoms with Crippen LogP contribution >= 0.6 is 0 Å². The zero-order chi connectivity index (χ0) is 15.2. The van der Waals surface area contributed by atoms with E-state index in [1.807, 2.05) is 6.07 Å². The predicted octanol–water partition coefficient (Wildman–Crippen LogP) is 1.88. The van der Waals surface area contributed by atoms with Crippen molar-refractivity contribution in [3.05, 3.63) is 34.9 Å². The summed E-state index contributed by atoms with van der Waals surface area (Å²) in [6.45, 7) is 5.13. The van der Waals surface area contributed by atoms with E-state index in [1.54, 1.807) is 12.1 Å². The predicted molar refractivity (Wildman–Crippen MR) is 79.2 cm³/mol. The van der Waals surface area contributed by atoms with Crippen LogP contribution in [0, 0.1) is 0 Å². The van der Waals surface area contributed by atoms with Crippen molar-refractivity contribution in [3.63, 3.8) is 0 Å². The molecule has 5 nitrogen and oxygen atoms in total. The van der Waals surface area contributed by atoms with Gasteiger partial charge in [-0.1, -0.05) is 19.4 Å². The van der Waals surface area contributed by atoms with Crippen LogP contribution in [0.2, 0.25) is 0 Å². The highest BCUT2D eigenvalue weighted by Gasteiger charge is 2.22. The largest absolute Gasteiger partial charge is 0.478 e. The van der Waals surface area contributed by atoms with Crippen molar-refractivity contribution in [2.24, 2.45) is 0 Å². The summed E-state index contributed by atoms with van der Waals surface area (Å²) in [6, 6.07) is 5.22. The summed E-state index contributed by atoms with van der Waals surface area (Å²) in [5.74, 6) is -0.902. The van der Waals surface area contributed by atoms with Crippen LogP contribution in [0.3, 0.4) is 0 Å². The highest BCUT2D eigenvalue weighted by Crippen LogP contribution is 2.24. The second kappa shape index (κ2) is 7.54. The van der Waals surface area contributed by atoms with Crippen LogP contribution < -0.4 is 0 Å². The summed E-state index contributed by atoms with van der Waals surface area (Å²) >= 11 is 0. The van der Waals surface area contributed by atoms with Gasteiger partial charge >= 0.3 is 5.97 Å². The van der Waals surface area contributed by atoms with E-state index in [4.69, 9.17) is 9.84 Å². The molecule has 2 rings (SSSR count).